The zero-order valence-corrected chi connectivity index (χ0v) is 12.8. The van der Waals surface area contributed by atoms with E-state index in [1.54, 1.807) is 0 Å². The maximum atomic E-state index is 9.21. The van der Waals surface area contributed by atoms with Crippen molar-refractivity contribution in [1.29, 1.82) is 5.26 Å². The molecule has 0 fully saturated rings. The fourth-order valence-electron chi connectivity index (χ4n) is 1.90. The highest BCUT2D eigenvalue weighted by atomic mass is 35.5. The Morgan fingerprint density at radius 2 is 2.11 bits per heavy atom. The first kappa shape index (κ1) is 14.2. The van der Waals surface area contributed by atoms with Gasteiger partial charge in [-0.3, -0.25) is 0 Å². The molecule has 0 radical (unpaired) electrons. The normalized spacial score (nSPS) is 11.9. The summed E-state index contributed by atoms with van der Waals surface area (Å²) in [5.74, 6) is 0. The molecule has 0 spiro atoms. The quantitative estimate of drug-likeness (QED) is 0.823. The molecular formula is C14H12Cl2N2S. The zero-order valence-electron chi connectivity index (χ0n) is 10.5. The van der Waals surface area contributed by atoms with Crippen molar-refractivity contribution in [3.05, 3.63) is 49.6 Å². The topological polar surface area (TPSA) is 35.8 Å². The monoisotopic (exact) mass is 310 g/mol. The van der Waals surface area contributed by atoms with Gasteiger partial charge in [0.2, 0.25) is 0 Å². The summed E-state index contributed by atoms with van der Waals surface area (Å²) in [5, 5.41) is 12.5. The fourth-order valence-corrected chi connectivity index (χ4v) is 3.54. The van der Waals surface area contributed by atoms with Gasteiger partial charge in [-0.1, -0.05) is 35.3 Å². The summed E-state index contributed by atoms with van der Waals surface area (Å²) in [7, 11) is 0. The number of thiophene rings is 1. The van der Waals surface area contributed by atoms with Crippen LogP contribution in [-0.2, 0) is 0 Å². The Kier molecular flexibility index (Phi) is 4.36. The molecule has 5 heteroatoms. The van der Waals surface area contributed by atoms with E-state index in [2.05, 4.69) is 11.4 Å². The second-order valence-corrected chi connectivity index (χ2v) is 6.54. The SMILES string of the molecule is Cc1cccc(NC(C)c2cc(Cl)sc2Cl)c1C#N. The first-order valence-corrected chi connectivity index (χ1v) is 7.31. The summed E-state index contributed by atoms with van der Waals surface area (Å²) in [6, 6.07) is 9.80. The van der Waals surface area contributed by atoms with E-state index in [1.165, 1.54) is 11.3 Å². The third kappa shape index (κ3) is 3.03. The van der Waals surface area contributed by atoms with Crippen LogP contribution < -0.4 is 5.32 Å². The molecule has 2 nitrogen and oxygen atoms in total. The molecule has 1 unspecified atom stereocenters. The molecule has 1 N–H and O–H groups in total. The molecule has 0 saturated heterocycles. The first-order valence-electron chi connectivity index (χ1n) is 5.74. The van der Waals surface area contributed by atoms with E-state index in [-0.39, 0.29) is 6.04 Å². The third-order valence-electron chi connectivity index (χ3n) is 2.91. The average Bonchev–Trinajstić information content (AvgIpc) is 2.69. The van der Waals surface area contributed by atoms with E-state index in [0.717, 1.165) is 16.8 Å². The van der Waals surface area contributed by atoms with Crippen molar-refractivity contribution in [1.82, 2.24) is 0 Å². The van der Waals surface area contributed by atoms with Crippen molar-refractivity contribution >= 4 is 40.2 Å². The molecule has 1 aromatic heterocycles. The zero-order chi connectivity index (χ0) is 14.0. The van der Waals surface area contributed by atoms with Gasteiger partial charge in [0.1, 0.15) is 6.07 Å². The Morgan fingerprint density at radius 1 is 1.37 bits per heavy atom. The van der Waals surface area contributed by atoms with Crippen molar-refractivity contribution in [2.75, 3.05) is 5.32 Å². The Hall–Kier alpha value is -1.21. The minimum atomic E-state index is -0.00912. The number of nitrogens with zero attached hydrogens (tertiary/aromatic N) is 1. The molecule has 19 heavy (non-hydrogen) atoms. The number of nitriles is 1. The van der Waals surface area contributed by atoms with Crippen LogP contribution in [0.4, 0.5) is 5.69 Å². The average molecular weight is 311 g/mol. The van der Waals surface area contributed by atoms with Crippen molar-refractivity contribution in [3.63, 3.8) is 0 Å². The summed E-state index contributed by atoms with van der Waals surface area (Å²) in [6.45, 7) is 3.91. The van der Waals surface area contributed by atoms with Gasteiger partial charge in [0.05, 0.1) is 26.0 Å². The minimum absolute atomic E-state index is 0.00912. The van der Waals surface area contributed by atoms with Crippen molar-refractivity contribution in [2.24, 2.45) is 0 Å². The summed E-state index contributed by atoms with van der Waals surface area (Å²) in [6.07, 6.45) is 0. The van der Waals surface area contributed by atoms with E-state index in [1.807, 2.05) is 38.1 Å². The number of hydrogen-bond donors (Lipinski definition) is 1. The van der Waals surface area contributed by atoms with Gasteiger partial charge in [-0.25, -0.2) is 0 Å². The molecule has 0 aliphatic rings. The van der Waals surface area contributed by atoms with Gasteiger partial charge in [-0.05, 0) is 31.5 Å². The summed E-state index contributed by atoms with van der Waals surface area (Å²) in [4.78, 5) is 0. The predicted octanol–water partition coefficient (Wildman–Crippen LogP) is 5.41. The summed E-state index contributed by atoms with van der Waals surface area (Å²) >= 11 is 13.4. The molecule has 0 aliphatic heterocycles. The van der Waals surface area contributed by atoms with Crippen LogP contribution in [0, 0.1) is 18.3 Å². The Bertz CT molecular complexity index is 643. The summed E-state index contributed by atoms with van der Waals surface area (Å²) in [5.41, 5.74) is 3.37. The van der Waals surface area contributed by atoms with E-state index in [9.17, 15) is 5.26 Å². The largest absolute Gasteiger partial charge is 0.377 e. The second kappa shape index (κ2) is 5.83. The van der Waals surface area contributed by atoms with Gasteiger partial charge in [-0.2, -0.15) is 5.26 Å². The molecule has 0 bridgehead atoms. The highest BCUT2D eigenvalue weighted by Gasteiger charge is 2.15. The van der Waals surface area contributed by atoms with Gasteiger partial charge in [0, 0.05) is 5.56 Å². The lowest BCUT2D eigenvalue weighted by Gasteiger charge is -2.16. The smallest absolute Gasteiger partial charge is 0.102 e. The number of hydrogen-bond acceptors (Lipinski definition) is 3. The Morgan fingerprint density at radius 3 is 2.68 bits per heavy atom. The lowest BCUT2D eigenvalue weighted by molar-refractivity contribution is 0.889. The van der Waals surface area contributed by atoms with Crippen LogP contribution in [0.3, 0.4) is 0 Å². The fraction of sp³-hybridized carbons (Fsp3) is 0.214. The molecule has 0 aliphatic carbocycles. The molecule has 0 amide bonds. The standard InChI is InChI=1S/C14H12Cl2N2S/c1-8-4-3-5-12(11(8)7-17)18-9(2)10-6-13(15)19-14(10)16/h3-6,9,18H,1-2H3. The number of rotatable bonds is 3. The molecule has 98 valence electrons. The second-order valence-electron chi connectivity index (χ2n) is 4.25. The van der Waals surface area contributed by atoms with Crippen LogP contribution in [0.25, 0.3) is 0 Å². The highest BCUT2D eigenvalue weighted by molar-refractivity contribution is 7.20. The van der Waals surface area contributed by atoms with Crippen molar-refractivity contribution in [2.45, 2.75) is 19.9 Å². The van der Waals surface area contributed by atoms with E-state index in [4.69, 9.17) is 23.2 Å². The number of halogens is 2. The van der Waals surface area contributed by atoms with Crippen LogP contribution in [-0.4, -0.2) is 0 Å². The summed E-state index contributed by atoms with van der Waals surface area (Å²) < 4.78 is 1.34. The lowest BCUT2D eigenvalue weighted by Crippen LogP contribution is -2.07. The van der Waals surface area contributed by atoms with Gasteiger partial charge in [0.15, 0.2) is 0 Å². The first-order chi connectivity index (χ1) is 9.02. The molecule has 1 atom stereocenters. The Labute approximate surface area is 126 Å². The maximum Gasteiger partial charge on any atom is 0.102 e. The van der Waals surface area contributed by atoms with Crippen molar-refractivity contribution in [3.8, 4) is 6.07 Å². The van der Waals surface area contributed by atoms with Gasteiger partial charge >= 0.3 is 0 Å². The molecule has 0 saturated carbocycles. The third-order valence-corrected chi connectivity index (χ3v) is 4.42. The molecule has 2 aromatic rings. The molecular weight excluding hydrogens is 299 g/mol. The van der Waals surface area contributed by atoms with Crippen LogP contribution in [0.2, 0.25) is 8.67 Å². The number of aryl methyl sites for hydroxylation is 1. The van der Waals surface area contributed by atoms with E-state index in [0.29, 0.717) is 14.2 Å². The predicted molar refractivity (Wildman–Crippen MR) is 82.3 cm³/mol. The van der Waals surface area contributed by atoms with Crippen LogP contribution in [0.15, 0.2) is 24.3 Å². The number of nitrogens with one attached hydrogen (secondary N) is 1. The molecule has 1 aromatic carbocycles. The highest BCUT2D eigenvalue weighted by Crippen LogP contribution is 2.36. The van der Waals surface area contributed by atoms with Crippen LogP contribution in [0.5, 0.6) is 0 Å². The minimum Gasteiger partial charge on any atom is -0.377 e. The van der Waals surface area contributed by atoms with Crippen LogP contribution in [0.1, 0.15) is 29.7 Å². The van der Waals surface area contributed by atoms with Gasteiger partial charge in [-0.15, -0.1) is 11.3 Å². The number of anilines is 1. The van der Waals surface area contributed by atoms with E-state index < -0.39 is 0 Å². The lowest BCUT2D eigenvalue weighted by atomic mass is 10.1. The molecule has 1 heterocycles. The molecule has 2 rings (SSSR count). The Balaban J connectivity index is 2.30. The van der Waals surface area contributed by atoms with Gasteiger partial charge in [0.25, 0.3) is 0 Å². The van der Waals surface area contributed by atoms with Crippen molar-refractivity contribution < 1.29 is 0 Å². The van der Waals surface area contributed by atoms with Gasteiger partial charge < -0.3 is 5.32 Å². The maximum absolute atomic E-state index is 9.21. The van der Waals surface area contributed by atoms with E-state index >= 15 is 0 Å². The number of benzene rings is 1. The van der Waals surface area contributed by atoms with Crippen LogP contribution >= 0.6 is 34.5 Å².